The van der Waals surface area contributed by atoms with Crippen LogP contribution in [0, 0.1) is 0 Å². The molecule has 2 rings (SSSR count). The summed E-state index contributed by atoms with van der Waals surface area (Å²) in [4.78, 5) is 28.8. The molecule has 0 bridgehead atoms. The number of piperazine rings is 1. The molecule has 0 saturated carbocycles. The van der Waals surface area contributed by atoms with E-state index >= 15 is 0 Å². The van der Waals surface area contributed by atoms with Crippen molar-refractivity contribution in [3.63, 3.8) is 0 Å². The van der Waals surface area contributed by atoms with Gasteiger partial charge in [0.15, 0.2) is 11.6 Å². The van der Waals surface area contributed by atoms with E-state index in [9.17, 15) is 4.79 Å². The molecule has 0 aromatic carbocycles. The molecule has 1 aliphatic heterocycles. The number of hydrogen-bond donors (Lipinski definition) is 2. The van der Waals surface area contributed by atoms with Crippen molar-refractivity contribution in [1.82, 2.24) is 20.3 Å². The van der Waals surface area contributed by atoms with Crippen LogP contribution in [0.4, 0.5) is 16.4 Å². The maximum Gasteiger partial charge on any atom is 0.410 e. The van der Waals surface area contributed by atoms with E-state index in [1.807, 2.05) is 31.2 Å². The molecule has 1 aliphatic rings. The van der Waals surface area contributed by atoms with Crippen molar-refractivity contribution < 1.29 is 14.7 Å². The van der Waals surface area contributed by atoms with Gasteiger partial charge in [0.05, 0.1) is 12.7 Å². The number of rotatable bonds is 4. The molecule has 1 saturated heterocycles. The molecule has 1 amide bonds. The zero-order chi connectivity index (χ0) is 18.4. The van der Waals surface area contributed by atoms with E-state index in [0.717, 1.165) is 0 Å². The van der Waals surface area contributed by atoms with Crippen LogP contribution in [0.15, 0.2) is 15.8 Å². The highest BCUT2D eigenvalue weighted by atomic mass is 79.9. The van der Waals surface area contributed by atoms with Crippen molar-refractivity contribution in [1.29, 1.82) is 0 Å². The number of carbonyl (C=O) groups excluding carboxylic acids is 1. The van der Waals surface area contributed by atoms with Crippen LogP contribution in [0.2, 0.25) is 0 Å². The van der Waals surface area contributed by atoms with Gasteiger partial charge in [0.2, 0.25) is 0 Å². The largest absolute Gasteiger partial charge is 0.444 e. The average molecular weight is 415 g/mol. The Hall–Kier alpha value is -1.78. The van der Waals surface area contributed by atoms with Gasteiger partial charge in [0, 0.05) is 32.4 Å². The summed E-state index contributed by atoms with van der Waals surface area (Å²) < 4.78 is 5.98. The number of anilines is 1. The lowest BCUT2D eigenvalue weighted by Gasteiger charge is -2.36. The van der Waals surface area contributed by atoms with Gasteiger partial charge in [0.25, 0.3) is 0 Å². The summed E-state index contributed by atoms with van der Waals surface area (Å²) in [5.74, 6) is 1.09. The normalized spacial score (nSPS) is 15.7. The number of aliphatic imine (C=N–C) groups is 1. The van der Waals surface area contributed by atoms with Crippen LogP contribution in [0.25, 0.3) is 0 Å². The minimum absolute atomic E-state index is 0.208. The lowest BCUT2D eigenvalue weighted by molar-refractivity contribution is 0.0240. The zero-order valence-electron chi connectivity index (χ0n) is 14.6. The van der Waals surface area contributed by atoms with E-state index in [2.05, 4.69) is 30.9 Å². The third kappa shape index (κ3) is 5.91. The third-order valence-corrected chi connectivity index (χ3v) is 3.72. The molecule has 1 aromatic heterocycles. The number of amides is 1. The highest BCUT2D eigenvalue weighted by Gasteiger charge is 2.27. The first-order valence-electron chi connectivity index (χ1n) is 7.95. The Balaban J connectivity index is 2.04. The number of halogens is 1. The van der Waals surface area contributed by atoms with E-state index < -0.39 is 5.60 Å². The van der Waals surface area contributed by atoms with Crippen molar-refractivity contribution in [2.24, 2.45) is 4.99 Å². The van der Waals surface area contributed by atoms with Gasteiger partial charge >= 0.3 is 6.09 Å². The molecule has 138 valence electrons. The Morgan fingerprint density at radius 1 is 1.44 bits per heavy atom. The topological polar surface area (TPSA) is 103 Å². The van der Waals surface area contributed by atoms with Crippen LogP contribution in [-0.2, 0) is 4.74 Å². The van der Waals surface area contributed by atoms with Gasteiger partial charge in [-0.3, -0.25) is 0 Å². The smallest absolute Gasteiger partial charge is 0.410 e. The zero-order valence-corrected chi connectivity index (χ0v) is 16.2. The molecular weight excluding hydrogens is 392 g/mol. The summed E-state index contributed by atoms with van der Waals surface area (Å²) in [7, 11) is 0. The second kappa shape index (κ2) is 8.54. The van der Waals surface area contributed by atoms with Gasteiger partial charge in [-0.25, -0.2) is 25.2 Å². The van der Waals surface area contributed by atoms with Crippen LogP contribution < -0.4 is 10.4 Å². The summed E-state index contributed by atoms with van der Waals surface area (Å²) in [6.45, 7) is 8.05. The Kier molecular flexibility index (Phi) is 6.68. The van der Waals surface area contributed by atoms with Crippen molar-refractivity contribution in [3.8, 4) is 0 Å². The second-order valence-electron chi connectivity index (χ2n) is 6.47. The Labute approximate surface area is 155 Å². The number of nitrogens with zero attached hydrogens (tertiary/aromatic N) is 5. The monoisotopic (exact) mass is 414 g/mol. The minimum Gasteiger partial charge on any atom is -0.444 e. The first kappa shape index (κ1) is 19.5. The number of ether oxygens (including phenoxy) is 1. The molecule has 1 aromatic rings. The number of hydrogen-bond acceptors (Lipinski definition) is 8. The molecule has 25 heavy (non-hydrogen) atoms. The standard InChI is InChI=1S/C15H23BrN6O3/c1-15(2,3)25-14(23)22-8-6-21(7-9-22)13-12(17-4-5-19-24)20-11(16)10-18-13/h4,10,19,24H,5-9H2,1-3H3. The van der Waals surface area contributed by atoms with Crippen LogP contribution in [0.3, 0.4) is 0 Å². The van der Waals surface area contributed by atoms with Crippen molar-refractivity contribution >= 4 is 39.9 Å². The SMILES string of the molecule is CC(C)(C)OC(=O)N1CCN(c2ncc(Br)nc2N=CCNO)CC1. The minimum atomic E-state index is -0.506. The molecule has 10 heteroatoms. The van der Waals surface area contributed by atoms with Gasteiger partial charge in [0.1, 0.15) is 10.2 Å². The van der Waals surface area contributed by atoms with Crippen molar-refractivity contribution in [2.75, 3.05) is 37.6 Å². The van der Waals surface area contributed by atoms with Gasteiger partial charge < -0.3 is 19.7 Å². The summed E-state index contributed by atoms with van der Waals surface area (Å²) >= 11 is 3.29. The van der Waals surface area contributed by atoms with Crippen molar-refractivity contribution in [2.45, 2.75) is 26.4 Å². The number of hydroxylamine groups is 1. The summed E-state index contributed by atoms with van der Waals surface area (Å²) in [6, 6.07) is 0. The predicted molar refractivity (Wildman–Crippen MR) is 97.7 cm³/mol. The number of aromatic nitrogens is 2. The number of nitrogens with one attached hydrogen (secondary N) is 1. The lowest BCUT2D eigenvalue weighted by Crippen LogP contribution is -2.50. The number of carbonyl (C=O) groups is 1. The maximum absolute atomic E-state index is 12.1. The maximum atomic E-state index is 12.1. The fourth-order valence-electron chi connectivity index (χ4n) is 2.26. The Bertz CT molecular complexity index is 626. The Morgan fingerprint density at radius 2 is 2.12 bits per heavy atom. The van der Waals surface area contributed by atoms with Crippen LogP contribution in [0.5, 0.6) is 0 Å². The second-order valence-corrected chi connectivity index (χ2v) is 7.28. The van der Waals surface area contributed by atoms with E-state index in [4.69, 9.17) is 9.94 Å². The van der Waals surface area contributed by atoms with Gasteiger partial charge in [-0.15, -0.1) is 0 Å². The predicted octanol–water partition coefficient (Wildman–Crippen LogP) is 1.98. The molecule has 0 spiro atoms. The van der Waals surface area contributed by atoms with E-state index in [-0.39, 0.29) is 12.6 Å². The Morgan fingerprint density at radius 3 is 2.72 bits per heavy atom. The van der Waals surface area contributed by atoms with Crippen LogP contribution in [-0.4, -0.2) is 70.7 Å². The highest BCUT2D eigenvalue weighted by Crippen LogP contribution is 2.26. The van der Waals surface area contributed by atoms with E-state index in [0.29, 0.717) is 42.4 Å². The van der Waals surface area contributed by atoms with Gasteiger partial charge in [-0.05, 0) is 36.7 Å². The molecule has 0 atom stereocenters. The quantitative estimate of drug-likeness (QED) is 0.573. The molecule has 2 heterocycles. The lowest BCUT2D eigenvalue weighted by atomic mass is 10.2. The molecule has 1 fully saturated rings. The molecule has 0 aliphatic carbocycles. The third-order valence-electron chi connectivity index (χ3n) is 3.33. The van der Waals surface area contributed by atoms with Crippen molar-refractivity contribution in [3.05, 3.63) is 10.8 Å². The average Bonchev–Trinajstić information content (AvgIpc) is 2.54. The van der Waals surface area contributed by atoms with Gasteiger partial charge in [-0.1, -0.05) is 0 Å². The van der Waals surface area contributed by atoms with E-state index in [1.54, 1.807) is 11.1 Å². The fourth-order valence-corrected chi connectivity index (χ4v) is 2.53. The molecular formula is C15H23BrN6O3. The molecule has 0 unspecified atom stereocenters. The summed E-state index contributed by atoms with van der Waals surface area (Å²) in [5.41, 5.74) is 1.50. The molecule has 2 N–H and O–H groups in total. The fraction of sp³-hybridized carbons (Fsp3) is 0.600. The summed E-state index contributed by atoms with van der Waals surface area (Å²) in [6.07, 6.45) is 2.82. The van der Waals surface area contributed by atoms with E-state index in [1.165, 1.54) is 6.21 Å². The van der Waals surface area contributed by atoms with Crippen LogP contribution >= 0.6 is 15.9 Å². The summed E-state index contributed by atoms with van der Waals surface area (Å²) in [5, 5.41) is 8.63. The first-order chi connectivity index (χ1) is 11.8. The molecule has 9 nitrogen and oxygen atoms in total. The van der Waals surface area contributed by atoms with Crippen LogP contribution in [0.1, 0.15) is 20.8 Å². The van der Waals surface area contributed by atoms with Gasteiger partial charge in [-0.2, -0.15) is 0 Å². The molecule has 0 radical (unpaired) electrons. The highest BCUT2D eigenvalue weighted by molar-refractivity contribution is 9.10. The first-order valence-corrected chi connectivity index (χ1v) is 8.74.